The zero-order valence-electron chi connectivity index (χ0n) is 16.1. The molecule has 1 aromatic heterocycles. The smallest absolute Gasteiger partial charge is 0.240 e. The van der Waals surface area contributed by atoms with Crippen LogP contribution in [-0.2, 0) is 14.8 Å². The van der Waals surface area contributed by atoms with E-state index in [2.05, 4.69) is 25.6 Å². The average molecular weight is 433 g/mol. The number of carbonyl (C=O) groups excluding carboxylic acids is 1. The van der Waals surface area contributed by atoms with E-state index in [0.29, 0.717) is 16.4 Å². The van der Waals surface area contributed by atoms with Gasteiger partial charge in [0.05, 0.1) is 16.3 Å². The summed E-state index contributed by atoms with van der Waals surface area (Å²) in [4.78, 5) is 12.5. The number of aromatic nitrogens is 4. The number of carbonyl (C=O) groups is 1. The highest BCUT2D eigenvalue weighted by atomic mass is 32.2. The van der Waals surface area contributed by atoms with Gasteiger partial charge in [-0.3, -0.25) is 4.79 Å². The second-order valence-electron chi connectivity index (χ2n) is 6.24. The van der Waals surface area contributed by atoms with Crippen LogP contribution >= 0.6 is 11.8 Å². The molecule has 0 fully saturated rings. The van der Waals surface area contributed by atoms with E-state index in [-0.39, 0.29) is 16.6 Å². The highest BCUT2D eigenvalue weighted by Crippen LogP contribution is 2.22. The number of nitrogens with one attached hydrogen (secondary N) is 2. The second kappa shape index (κ2) is 8.72. The maximum atomic E-state index is 12.4. The molecule has 29 heavy (non-hydrogen) atoms. The third-order valence-corrected chi connectivity index (χ3v) is 6.53. The molecule has 0 atom stereocenters. The normalized spacial score (nSPS) is 11.4. The molecule has 2 aromatic carbocycles. The van der Waals surface area contributed by atoms with Crippen LogP contribution < -0.4 is 10.0 Å². The summed E-state index contributed by atoms with van der Waals surface area (Å²) in [5, 5.41) is 14.8. The van der Waals surface area contributed by atoms with E-state index in [4.69, 9.17) is 0 Å². The van der Waals surface area contributed by atoms with Gasteiger partial charge < -0.3 is 5.32 Å². The molecule has 3 rings (SSSR count). The number of thioether (sulfide) groups is 1. The zero-order chi connectivity index (χ0) is 21.0. The van der Waals surface area contributed by atoms with E-state index in [9.17, 15) is 13.2 Å². The molecule has 0 radical (unpaired) electrons. The predicted molar refractivity (Wildman–Crippen MR) is 111 cm³/mol. The highest BCUT2D eigenvalue weighted by Gasteiger charge is 2.16. The van der Waals surface area contributed by atoms with E-state index in [1.165, 1.54) is 24.9 Å². The lowest BCUT2D eigenvalue weighted by molar-refractivity contribution is -0.113. The molecule has 2 N–H and O–H groups in total. The monoisotopic (exact) mass is 432 g/mol. The summed E-state index contributed by atoms with van der Waals surface area (Å²) >= 11 is 1.18. The summed E-state index contributed by atoms with van der Waals surface area (Å²) in [5.74, 6) is -0.237. The molecule has 0 saturated carbocycles. The molecule has 1 amide bonds. The molecule has 1 heterocycles. The Morgan fingerprint density at radius 2 is 1.97 bits per heavy atom. The van der Waals surface area contributed by atoms with Gasteiger partial charge in [-0.15, -0.1) is 5.10 Å². The highest BCUT2D eigenvalue weighted by molar-refractivity contribution is 7.99. The second-order valence-corrected chi connectivity index (χ2v) is 9.03. The first kappa shape index (κ1) is 21.0. The summed E-state index contributed by atoms with van der Waals surface area (Å²) in [6.07, 6.45) is 0. The molecule has 0 saturated heterocycles. The van der Waals surface area contributed by atoms with Crippen molar-refractivity contribution in [2.45, 2.75) is 23.9 Å². The lowest BCUT2D eigenvalue weighted by atomic mass is 10.2. The maximum Gasteiger partial charge on any atom is 0.240 e. The maximum absolute atomic E-state index is 12.4. The van der Waals surface area contributed by atoms with Crippen LogP contribution in [0.25, 0.3) is 5.69 Å². The van der Waals surface area contributed by atoms with Crippen LogP contribution in [0.4, 0.5) is 5.69 Å². The number of tetrazole rings is 1. The standard InChI is InChI=1S/C18H20N6O3S2/c1-12-5-4-6-15(9-12)24-18(21-22-23-24)28-11-17(25)20-14-8-7-13(2)16(10-14)29(26,27)19-3/h4-10,19H,11H2,1-3H3,(H,20,25). The van der Waals surface area contributed by atoms with Crippen molar-refractivity contribution < 1.29 is 13.2 Å². The zero-order valence-corrected chi connectivity index (χ0v) is 17.7. The minimum Gasteiger partial charge on any atom is -0.325 e. The molecular formula is C18H20N6O3S2. The van der Waals surface area contributed by atoms with E-state index < -0.39 is 10.0 Å². The number of hydrogen-bond donors (Lipinski definition) is 2. The molecule has 0 spiro atoms. The van der Waals surface area contributed by atoms with Gasteiger partial charge in [0.1, 0.15) is 0 Å². The molecule has 9 nitrogen and oxygen atoms in total. The van der Waals surface area contributed by atoms with Gasteiger partial charge in [-0.1, -0.05) is 30.0 Å². The lowest BCUT2D eigenvalue weighted by Gasteiger charge is -2.10. The largest absolute Gasteiger partial charge is 0.325 e. The Kier molecular flexibility index (Phi) is 6.30. The summed E-state index contributed by atoms with van der Waals surface area (Å²) in [7, 11) is -2.27. The van der Waals surface area contributed by atoms with Crippen molar-refractivity contribution in [3.05, 3.63) is 53.6 Å². The molecule has 0 aliphatic rings. The van der Waals surface area contributed by atoms with E-state index in [0.717, 1.165) is 11.3 Å². The van der Waals surface area contributed by atoms with Crippen molar-refractivity contribution in [3.63, 3.8) is 0 Å². The van der Waals surface area contributed by atoms with Crippen LogP contribution in [0.5, 0.6) is 0 Å². The van der Waals surface area contributed by atoms with Gasteiger partial charge in [-0.25, -0.2) is 13.1 Å². The van der Waals surface area contributed by atoms with Gasteiger partial charge >= 0.3 is 0 Å². The number of rotatable bonds is 7. The predicted octanol–water partition coefficient (Wildman–Crippen LogP) is 1.92. The Labute approximate surface area is 172 Å². The third kappa shape index (κ3) is 5.00. The first-order chi connectivity index (χ1) is 13.8. The van der Waals surface area contributed by atoms with Crippen molar-refractivity contribution in [2.75, 3.05) is 18.1 Å². The van der Waals surface area contributed by atoms with Crippen LogP contribution in [-0.4, -0.2) is 47.3 Å². The Hall–Kier alpha value is -2.76. The summed E-state index contributed by atoms with van der Waals surface area (Å²) in [5.41, 5.74) is 2.86. The van der Waals surface area contributed by atoms with Crippen molar-refractivity contribution in [3.8, 4) is 5.69 Å². The van der Waals surface area contributed by atoms with Crippen LogP contribution in [0, 0.1) is 13.8 Å². The average Bonchev–Trinajstić information content (AvgIpc) is 3.16. The number of benzene rings is 2. The van der Waals surface area contributed by atoms with E-state index in [1.54, 1.807) is 23.7 Å². The summed E-state index contributed by atoms with van der Waals surface area (Å²) in [6.45, 7) is 3.66. The van der Waals surface area contributed by atoms with Gasteiger partial charge in [-0.05, 0) is 66.7 Å². The van der Waals surface area contributed by atoms with Crippen LogP contribution in [0.15, 0.2) is 52.5 Å². The third-order valence-electron chi connectivity index (χ3n) is 4.05. The SMILES string of the molecule is CNS(=O)(=O)c1cc(NC(=O)CSc2nnnn2-c2cccc(C)c2)ccc1C. The molecule has 3 aromatic rings. The Morgan fingerprint density at radius 1 is 1.17 bits per heavy atom. The van der Waals surface area contributed by atoms with Crippen molar-refractivity contribution in [1.29, 1.82) is 0 Å². The van der Waals surface area contributed by atoms with Crippen molar-refractivity contribution in [1.82, 2.24) is 24.9 Å². The number of aryl methyl sites for hydroxylation is 2. The molecule has 0 unspecified atom stereocenters. The van der Waals surface area contributed by atoms with Crippen LogP contribution in [0.2, 0.25) is 0 Å². The lowest BCUT2D eigenvalue weighted by Crippen LogP contribution is -2.20. The van der Waals surface area contributed by atoms with E-state index in [1.807, 2.05) is 31.2 Å². The number of nitrogens with zero attached hydrogens (tertiary/aromatic N) is 4. The quantitative estimate of drug-likeness (QED) is 0.548. The summed E-state index contributed by atoms with van der Waals surface area (Å²) < 4.78 is 28.0. The first-order valence-electron chi connectivity index (χ1n) is 8.62. The van der Waals surface area contributed by atoms with Crippen LogP contribution in [0.3, 0.4) is 0 Å². The van der Waals surface area contributed by atoms with Gasteiger partial charge in [0.2, 0.25) is 21.1 Å². The fraction of sp³-hybridized carbons (Fsp3) is 0.222. The first-order valence-corrected chi connectivity index (χ1v) is 11.1. The molecule has 0 aliphatic carbocycles. The van der Waals surface area contributed by atoms with E-state index >= 15 is 0 Å². The van der Waals surface area contributed by atoms with Gasteiger partial charge in [0.25, 0.3) is 0 Å². The Balaban J connectivity index is 1.69. The van der Waals surface area contributed by atoms with Crippen LogP contribution in [0.1, 0.15) is 11.1 Å². The molecular weight excluding hydrogens is 412 g/mol. The summed E-state index contributed by atoms with van der Waals surface area (Å²) in [6, 6.07) is 12.4. The number of sulfonamides is 1. The fourth-order valence-corrected chi connectivity index (χ4v) is 4.28. The number of hydrogen-bond acceptors (Lipinski definition) is 7. The Morgan fingerprint density at radius 3 is 2.69 bits per heavy atom. The molecule has 0 bridgehead atoms. The Bertz CT molecular complexity index is 1140. The minimum atomic E-state index is -3.61. The minimum absolute atomic E-state index is 0.0637. The van der Waals surface area contributed by atoms with Crippen molar-refractivity contribution >= 4 is 33.4 Å². The molecule has 152 valence electrons. The van der Waals surface area contributed by atoms with Gasteiger partial charge in [0.15, 0.2) is 0 Å². The molecule has 0 aliphatic heterocycles. The van der Waals surface area contributed by atoms with Gasteiger partial charge in [-0.2, -0.15) is 4.68 Å². The number of anilines is 1. The number of amides is 1. The topological polar surface area (TPSA) is 119 Å². The fourth-order valence-electron chi connectivity index (χ4n) is 2.60. The molecule has 11 heteroatoms. The van der Waals surface area contributed by atoms with Crippen molar-refractivity contribution in [2.24, 2.45) is 0 Å². The van der Waals surface area contributed by atoms with Gasteiger partial charge in [0, 0.05) is 5.69 Å².